The maximum atomic E-state index is 11.1. The quantitative estimate of drug-likeness (QED) is 0.292. The first-order valence-corrected chi connectivity index (χ1v) is 4.47. The normalized spacial score (nSPS) is 9.07. The van der Waals surface area contributed by atoms with Gasteiger partial charge in [0.25, 0.3) is 0 Å². The second kappa shape index (κ2) is 5.08. The number of rotatable bonds is 1. The SMILES string of the molecule is CC(C)C#CC(=O)Oc1ccccc1. The molecule has 0 saturated carbocycles. The summed E-state index contributed by atoms with van der Waals surface area (Å²) in [5.74, 6) is 5.35. The molecular weight excluding hydrogens is 176 g/mol. The van der Waals surface area contributed by atoms with Crippen molar-refractivity contribution in [1.29, 1.82) is 0 Å². The predicted octanol–water partition coefficient (Wildman–Crippen LogP) is 2.25. The largest absolute Gasteiger partial charge is 0.417 e. The molecule has 1 rings (SSSR count). The zero-order valence-corrected chi connectivity index (χ0v) is 8.28. The molecule has 72 valence electrons. The van der Waals surface area contributed by atoms with Crippen LogP contribution in [0.3, 0.4) is 0 Å². The topological polar surface area (TPSA) is 26.3 Å². The molecule has 0 aromatic heterocycles. The Labute approximate surface area is 83.9 Å². The average Bonchev–Trinajstić information content (AvgIpc) is 2.16. The second-order valence-electron chi connectivity index (χ2n) is 3.13. The van der Waals surface area contributed by atoms with Gasteiger partial charge in [0.15, 0.2) is 0 Å². The zero-order chi connectivity index (χ0) is 10.4. The maximum Gasteiger partial charge on any atom is 0.389 e. The molecule has 0 aliphatic heterocycles. The Morgan fingerprint density at radius 3 is 2.50 bits per heavy atom. The Balaban J connectivity index is 2.56. The molecule has 0 saturated heterocycles. The van der Waals surface area contributed by atoms with Crippen LogP contribution in [-0.4, -0.2) is 5.97 Å². The third kappa shape index (κ3) is 3.77. The molecular formula is C12H12O2. The fourth-order valence-electron chi connectivity index (χ4n) is 0.824. The van der Waals surface area contributed by atoms with Gasteiger partial charge in [-0.05, 0) is 12.1 Å². The molecule has 2 heteroatoms. The molecule has 0 amide bonds. The molecule has 1 aromatic rings. The highest BCUT2D eigenvalue weighted by atomic mass is 16.5. The van der Waals surface area contributed by atoms with Crippen LogP contribution in [0.4, 0.5) is 0 Å². The molecule has 0 bridgehead atoms. The van der Waals surface area contributed by atoms with Crippen molar-refractivity contribution in [2.45, 2.75) is 13.8 Å². The van der Waals surface area contributed by atoms with E-state index >= 15 is 0 Å². The highest BCUT2D eigenvalue weighted by Gasteiger charge is 1.98. The number of ether oxygens (including phenoxy) is 1. The Bertz CT molecular complexity index is 355. The number of carbonyl (C=O) groups is 1. The third-order valence-corrected chi connectivity index (χ3v) is 1.42. The molecule has 0 aliphatic rings. The molecule has 0 N–H and O–H groups in total. The van der Waals surface area contributed by atoms with Crippen LogP contribution in [0.15, 0.2) is 30.3 Å². The standard InChI is InChI=1S/C12H12O2/c1-10(2)8-9-12(13)14-11-6-4-3-5-7-11/h3-7,10H,1-2H3. The van der Waals surface area contributed by atoms with Crippen LogP contribution in [-0.2, 0) is 4.79 Å². The van der Waals surface area contributed by atoms with Gasteiger partial charge in [-0.1, -0.05) is 38.0 Å². The Kier molecular flexibility index (Phi) is 3.75. The maximum absolute atomic E-state index is 11.1. The van der Waals surface area contributed by atoms with Crippen molar-refractivity contribution in [1.82, 2.24) is 0 Å². The number of para-hydroxylation sites is 1. The zero-order valence-electron chi connectivity index (χ0n) is 8.28. The lowest BCUT2D eigenvalue weighted by atomic mass is 10.2. The van der Waals surface area contributed by atoms with Gasteiger partial charge in [0.05, 0.1) is 0 Å². The Morgan fingerprint density at radius 2 is 1.93 bits per heavy atom. The van der Waals surface area contributed by atoms with Crippen molar-refractivity contribution in [3.8, 4) is 17.6 Å². The van der Waals surface area contributed by atoms with Crippen LogP contribution >= 0.6 is 0 Å². The van der Waals surface area contributed by atoms with Gasteiger partial charge in [-0.2, -0.15) is 0 Å². The lowest BCUT2D eigenvalue weighted by Gasteiger charge is -1.97. The van der Waals surface area contributed by atoms with Crippen molar-refractivity contribution in [2.75, 3.05) is 0 Å². The summed E-state index contributed by atoms with van der Waals surface area (Å²) in [7, 11) is 0. The highest BCUT2D eigenvalue weighted by Crippen LogP contribution is 2.07. The third-order valence-electron chi connectivity index (χ3n) is 1.42. The van der Waals surface area contributed by atoms with Crippen LogP contribution < -0.4 is 4.74 Å². The van der Waals surface area contributed by atoms with Crippen LogP contribution in [0, 0.1) is 17.8 Å². The Hall–Kier alpha value is -1.75. The van der Waals surface area contributed by atoms with Crippen molar-refractivity contribution >= 4 is 5.97 Å². The molecule has 14 heavy (non-hydrogen) atoms. The molecule has 0 heterocycles. The molecule has 0 spiro atoms. The summed E-state index contributed by atoms with van der Waals surface area (Å²) in [6, 6.07) is 8.90. The molecule has 2 nitrogen and oxygen atoms in total. The van der Waals surface area contributed by atoms with E-state index in [9.17, 15) is 4.79 Å². The summed E-state index contributed by atoms with van der Waals surface area (Å²) < 4.78 is 4.95. The summed E-state index contributed by atoms with van der Waals surface area (Å²) in [5, 5.41) is 0. The number of benzene rings is 1. The van der Waals surface area contributed by atoms with Gasteiger partial charge in [-0.15, -0.1) is 0 Å². The van der Waals surface area contributed by atoms with E-state index in [-0.39, 0.29) is 5.92 Å². The van der Waals surface area contributed by atoms with Gasteiger partial charge in [0.1, 0.15) is 5.75 Å². The first-order chi connectivity index (χ1) is 6.68. The van der Waals surface area contributed by atoms with Gasteiger partial charge in [-0.3, -0.25) is 0 Å². The number of esters is 1. The van der Waals surface area contributed by atoms with Crippen LogP contribution in [0.25, 0.3) is 0 Å². The highest BCUT2D eigenvalue weighted by molar-refractivity contribution is 5.90. The lowest BCUT2D eigenvalue weighted by molar-refractivity contribution is -0.128. The van der Waals surface area contributed by atoms with Crippen LogP contribution in [0.1, 0.15) is 13.8 Å². The van der Waals surface area contributed by atoms with Crippen LogP contribution in [0.5, 0.6) is 5.75 Å². The van der Waals surface area contributed by atoms with E-state index in [0.717, 1.165) is 0 Å². The van der Waals surface area contributed by atoms with Crippen molar-refractivity contribution in [3.05, 3.63) is 30.3 Å². The van der Waals surface area contributed by atoms with Gasteiger partial charge < -0.3 is 4.74 Å². The molecule has 0 atom stereocenters. The van der Waals surface area contributed by atoms with E-state index in [1.165, 1.54) is 0 Å². The molecule has 0 radical (unpaired) electrons. The predicted molar refractivity (Wildman–Crippen MR) is 54.7 cm³/mol. The van der Waals surface area contributed by atoms with E-state index in [2.05, 4.69) is 11.8 Å². The number of hydrogen-bond donors (Lipinski definition) is 0. The molecule has 1 aromatic carbocycles. The number of carbonyl (C=O) groups excluding carboxylic acids is 1. The van der Waals surface area contributed by atoms with Crippen molar-refractivity contribution in [3.63, 3.8) is 0 Å². The minimum atomic E-state index is -0.509. The Morgan fingerprint density at radius 1 is 1.29 bits per heavy atom. The first-order valence-electron chi connectivity index (χ1n) is 4.47. The number of hydrogen-bond acceptors (Lipinski definition) is 2. The summed E-state index contributed by atoms with van der Waals surface area (Å²) in [6.45, 7) is 3.84. The minimum Gasteiger partial charge on any atom is -0.417 e. The van der Waals surface area contributed by atoms with E-state index in [0.29, 0.717) is 5.75 Å². The monoisotopic (exact) mass is 188 g/mol. The second-order valence-corrected chi connectivity index (χ2v) is 3.13. The van der Waals surface area contributed by atoms with Crippen molar-refractivity contribution < 1.29 is 9.53 Å². The smallest absolute Gasteiger partial charge is 0.389 e. The van der Waals surface area contributed by atoms with E-state index in [1.54, 1.807) is 24.3 Å². The van der Waals surface area contributed by atoms with E-state index < -0.39 is 5.97 Å². The fourth-order valence-corrected chi connectivity index (χ4v) is 0.824. The van der Waals surface area contributed by atoms with Crippen LogP contribution in [0.2, 0.25) is 0 Å². The lowest BCUT2D eigenvalue weighted by Crippen LogP contribution is -2.04. The van der Waals surface area contributed by atoms with Gasteiger partial charge in [0, 0.05) is 11.8 Å². The summed E-state index contributed by atoms with van der Waals surface area (Å²) in [5.41, 5.74) is 0. The summed E-state index contributed by atoms with van der Waals surface area (Å²) >= 11 is 0. The fraction of sp³-hybridized carbons (Fsp3) is 0.250. The van der Waals surface area contributed by atoms with Gasteiger partial charge >= 0.3 is 5.97 Å². The minimum absolute atomic E-state index is 0.179. The molecule has 0 aliphatic carbocycles. The molecule has 0 unspecified atom stereocenters. The summed E-state index contributed by atoms with van der Waals surface area (Å²) in [6.07, 6.45) is 0. The average molecular weight is 188 g/mol. The molecule has 0 fully saturated rings. The van der Waals surface area contributed by atoms with Crippen molar-refractivity contribution in [2.24, 2.45) is 5.92 Å². The van der Waals surface area contributed by atoms with E-state index in [1.807, 2.05) is 19.9 Å². The first kappa shape index (κ1) is 10.3. The summed E-state index contributed by atoms with van der Waals surface area (Å²) in [4.78, 5) is 11.1. The van der Waals surface area contributed by atoms with E-state index in [4.69, 9.17) is 4.74 Å². The van der Waals surface area contributed by atoms with Gasteiger partial charge in [-0.25, -0.2) is 4.79 Å². The van der Waals surface area contributed by atoms with Gasteiger partial charge in [0.2, 0.25) is 0 Å².